The van der Waals surface area contributed by atoms with Gasteiger partial charge in [-0.25, -0.2) is 5.14 Å². The molecule has 1 saturated heterocycles. The highest BCUT2D eigenvalue weighted by Crippen LogP contribution is 2.42. The first-order valence-corrected chi connectivity index (χ1v) is 9.54. The van der Waals surface area contributed by atoms with E-state index in [0.29, 0.717) is 15.6 Å². The van der Waals surface area contributed by atoms with E-state index in [1.807, 2.05) is 30.3 Å². The average molecular weight is 404 g/mol. The van der Waals surface area contributed by atoms with Crippen LogP contribution >= 0.6 is 23.2 Å². The van der Waals surface area contributed by atoms with Crippen LogP contribution in [0.15, 0.2) is 48.5 Å². The lowest BCUT2D eigenvalue weighted by Gasteiger charge is -2.17. The van der Waals surface area contributed by atoms with Crippen molar-refractivity contribution in [2.75, 3.05) is 6.61 Å². The van der Waals surface area contributed by atoms with Crippen LogP contribution < -0.4 is 5.14 Å². The number of rotatable bonds is 5. The van der Waals surface area contributed by atoms with Crippen molar-refractivity contribution < 1.29 is 22.1 Å². The molecule has 0 aromatic heterocycles. The highest BCUT2D eigenvalue weighted by molar-refractivity contribution is 7.84. The van der Waals surface area contributed by atoms with E-state index in [2.05, 4.69) is 4.18 Å². The quantitative estimate of drug-likeness (QED) is 0.826. The maximum Gasteiger partial charge on any atom is 0.333 e. The molecule has 1 aliphatic rings. The van der Waals surface area contributed by atoms with Crippen molar-refractivity contribution in [2.24, 2.45) is 5.14 Å². The molecule has 2 aromatic rings. The first-order chi connectivity index (χ1) is 11.8. The Balaban J connectivity index is 1.88. The molecular formula is C16H15Cl2NO5S. The molecule has 2 aromatic carbocycles. The number of ether oxygens (including phenoxy) is 2. The van der Waals surface area contributed by atoms with E-state index in [4.69, 9.17) is 37.8 Å². The van der Waals surface area contributed by atoms with Crippen LogP contribution in [-0.4, -0.2) is 21.1 Å². The molecule has 0 spiro atoms. The Kier molecular flexibility index (Phi) is 5.65. The SMILES string of the molecule is NS(=O)(=O)OC[C@H]1OC(c2ccccc2)O[C@@H]1c1ccc(Cl)cc1Cl. The molecule has 0 radical (unpaired) electrons. The molecule has 0 saturated carbocycles. The fourth-order valence-electron chi connectivity index (χ4n) is 2.54. The van der Waals surface area contributed by atoms with Crippen molar-refractivity contribution >= 4 is 33.5 Å². The van der Waals surface area contributed by atoms with Crippen LogP contribution in [0.2, 0.25) is 10.0 Å². The Morgan fingerprint density at radius 3 is 2.44 bits per heavy atom. The highest BCUT2D eigenvalue weighted by atomic mass is 35.5. The van der Waals surface area contributed by atoms with Gasteiger partial charge in [-0.2, -0.15) is 8.42 Å². The van der Waals surface area contributed by atoms with E-state index >= 15 is 0 Å². The summed E-state index contributed by atoms with van der Waals surface area (Å²) in [6.45, 7) is -0.300. The van der Waals surface area contributed by atoms with Crippen molar-refractivity contribution in [3.8, 4) is 0 Å². The second-order valence-corrected chi connectivity index (χ2v) is 7.48. The van der Waals surface area contributed by atoms with Gasteiger partial charge >= 0.3 is 10.3 Å². The van der Waals surface area contributed by atoms with Gasteiger partial charge in [0.15, 0.2) is 6.29 Å². The summed E-state index contributed by atoms with van der Waals surface area (Å²) in [6, 6.07) is 14.2. The van der Waals surface area contributed by atoms with Gasteiger partial charge in [0, 0.05) is 21.2 Å². The molecule has 2 N–H and O–H groups in total. The van der Waals surface area contributed by atoms with E-state index in [1.54, 1.807) is 18.2 Å². The largest absolute Gasteiger partial charge is 0.340 e. The van der Waals surface area contributed by atoms with E-state index in [0.717, 1.165) is 5.56 Å². The maximum atomic E-state index is 11.1. The molecule has 0 aliphatic carbocycles. The van der Waals surface area contributed by atoms with Gasteiger partial charge in [0.1, 0.15) is 12.2 Å². The minimum absolute atomic E-state index is 0.300. The summed E-state index contributed by atoms with van der Waals surface area (Å²) in [5.41, 5.74) is 1.41. The lowest BCUT2D eigenvalue weighted by atomic mass is 10.1. The van der Waals surface area contributed by atoms with Crippen LogP contribution in [0.4, 0.5) is 0 Å². The Morgan fingerprint density at radius 1 is 1.08 bits per heavy atom. The van der Waals surface area contributed by atoms with Crippen LogP contribution in [-0.2, 0) is 24.0 Å². The summed E-state index contributed by atoms with van der Waals surface area (Å²) in [5, 5.41) is 5.76. The molecule has 134 valence electrons. The molecule has 0 bridgehead atoms. The second-order valence-electron chi connectivity index (χ2n) is 5.42. The van der Waals surface area contributed by atoms with Crippen LogP contribution in [0, 0.1) is 0 Å². The molecular weight excluding hydrogens is 389 g/mol. The summed E-state index contributed by atoms with van der Waals surface area (Å²) in [7, 11) is -4.11. The average Bonchev–Trinajstić information content (AvgIpc) is 2.97. The van der Waals surface area contributed by atoms with Crippen molar-refractivity contribution in [2.45, 2.75) is 18.5 Å². The number of halogens is 2. The van der Waals surface area contributed by atoms with E-state index < -0.39 is 28.8 Å². The van der Waals surface area contributed by atoms with Crippen LogP contribution in [0.5, 0.6) is 0 Å². The van der Waals surface area contributed by atoms with Gasteiger partial charge in [0.25, 0.3) is 0 Å². The Labute approximate surface area is 155 Å². The van der Waals surface area contributed by atoms with Crippen molar-refractivity contribution in [3.05, 3.63) is 69.7 Å². The molecule has 1 heterocycles. The third-order valence-electron chi connectivity index (χ3n) is 3.64. The van der Waals surface area contributed by atoms with E-state index in [-0.39, 0.29) is 6.61 Å². The fraction of sp³-hybridized carbons (Fsp3) is 0.250. The van der Waals surface area contributed by atoms with Crippen molar-refractivity contribution in [3.63, 3.8) is 0 Å². The molecule has 3 rings (SSSR count). The molecule has 6 nitrogen and oxygen atoms in total. The third-order valence-corrected chi connectivity index (χ3v) is 4.67. The van der Waals surface area contributed by atoms with Gasteiger partial charge in [-0.1, -0.05) is 59.6 Å². The molecule has 3 atom stereocenters. The van der Waals surface area contributed by atoms with Crippen molar-refractivity contribution in [1.29, 1.82) is 0 Å². The summed E-state index contributed by atoms with van der Waals surface area (Å²) >= 11 is 12.2. The zero-order valence-corrected chi connectivity index (χ0v) is 15.2. The zero-order valence-electron chi connectivity index (χ0n) is 12.8. The predicted octanol–water partition coefficient (Wildman–Crippen LogP) is 3.37. The zero-order chi connectivity index (χ0) is 18.0. The summed E-state index contributed by atoms with van der Waals surface area (Å²) < 4.78 is 38.7. The maximum absolute atomic E-state index is 11.1. The summed E-state index contributed by atoms with van der Waals surface area (Å²) in [4.78, 5) is 0. The van der Waals surface area contributed by atoms with Gasteiger partial charge in [-0.05, 0) is 12.1 Å². The summed E-state index contributed by atoms with van der Waals surface area (Å²) in [6.07, 6.45) is -2.05. The van der Waals surface area contributed by atoms with Crippen LogP contribution in [0.25, 0.3) is 0 Å². The molecule has 0 amide bonds. The second kappa shape index (κ2) is 7.59. The smallest absolute Gasteiger partial charge is 0.333 e. The number of benzene rings is 2. The van der Waals surface area contributed by atoms with Crippen molar-refractivity contribution in [1.82, 2.24) is 0 Å². The van der Waals surface area contributed by atoms with Gasteiger partial charge in [0.05, 0.1) is 6.61 Å². The van der Waals surface area contributed by atoms with Gasteiger partial charge in [-0.15, -0.1) is 0 Å². The molecule has 1 aliphatic heterocycles. The van der Waals surface area contributed by atoms with E-state index in [1.165, 1.54) is 0 Å². The standard InChI is InChI=1S/C16H15Cl2NO5S/c17-11-6-7-12(13(18)8-11)15-14(9-22-25(19,20)21)23-16(24-15)10-4-2-1-3-5-10/h1-8,14-16H,9H2,(H2,19,20,21)/t14-,15-,16?/m1/s1. The third kappa shape index (κ3) is 4.71. The Hall–Kier alpha value is -1.19. The van der Waals surface area contributed by atoms with Gasteiger partial charge in [-0.3, -0.25) is 4.18 Å². The molecule has 25 heavy (non-hydrogen) atoms. The fourth-order valence-corrected chi connectivity index (χ4v) is 3.38. The lowest BCUT2D eigenvalue weighted by molar-refractivity contribution is -0.0727. The summed E-state index contributed by atoms with van der Waals surface area (Å²) in [5.74, 6) is 0. The monoisotopic (exact) mass is 403 g/mol. The van der Waals surface area contributed by atoms with E-state index in [9.17, 15) is 8.42 Å². The minimum Gasteiger partial charge on any atom is -0.340 e. The van der Waals surface area contributed by atoms with Gasteiger partial charge < -0.3 is 9.47 Å². The molecule has 1 fully saturated rings. The lowest BCUT2D eigenvalue weighted by Crippen LogP contribution is -2.26. The van der Waals surface area contributed by atoms with Gasteiger partial charge in [0.2, 0.25) is 0 Å². The first-order valence-electron chi connectivity index (χ1n) is 7.31. The number of nitrogens with two attached hydrogens (primary N) is 1. The highest BCUT2D eigenvalue weighted by Gasteiger charge is 2.39. The first kappa shape index (κ1) is 18.6. The Bertz CT molecular complexity index is 847. The Morgan fingerprint density at radius 2 is 1.80 bits per heavy atom. The normalized spacial score (nSPS) is 23.7. The topological polar surface area (TPSA) is 87.9 Å². The number of hydrogen-bond donors (Lipinski definition) is 1. The van der Waals surface area contributed by atoms with Crippen LogP contribution in [0.1, 0.15) is 23.5 Å². The molecule has 9 heteroatoms. The predicted molar refractivity (Wildman–Crippen MR) is 93.4 cm³/mol. The molecule has 1 unspecified atom stereocenters. The van der Waals surface area contributed by atoms with Crippen LogP contribution in [0.3, 0.4) is 0 Å². The number of hydrogen-bond acceptors (Lipinski definition) is 5. The minimum atomic E-state index is -4.11.